The third kappa shape index (κ3) is 17.1. The average Bonchev–Trinajstić information content (AvgIpc) is 2.86. The van der Waals surface area contributed by atoms with Gasteiger partial charge >= 0.3 is 85.2 Å². The molecular formula is C25H22Cl6P2Pd2Ti2. The zero-order valence-electron chi connectivity index (χ0n) is 19.0. The van der Waals surface area contributed by atoms with E-state index >= 15 is 0 Å². The summed E-state index contributed by atoms with van der Waals surface area (Å²) in [6.07, 6.45) is 0. The smallest absolute Gasteiger partial charge is 0.00405 e. The predicted molar refractivity (Wildman–Crippen MR) is 158 cm³/mol. The fourth-order valence-corrected chi connectivity index (χ4v) is 9.67. The first-order chi connectivity index (χ1) is 16.9. The van der Waals surface area contributed by atoms with Gasteiger partial charge in [0.05, 0.1) is 0 Å². The summed E-state index contributed by atoms with van der Waals surface area (Å²) in [5, 5.41) is 5.83. The van der Waals surface area contributed by atoms with Crippen molar-refractivity contribution < 1.29 is 70.2 Å². The number of rotatable bonds is 6. The van der Waals surface area contributed by atoms with E-state index in [1.807, 2.05) is 0 Å². The van der Waals surface area contributed by atoms with Crippen molar-refractivity contribution in [3.05, 3.63) is 121 Å². The van der Waals surface area contributed by atoms with Crippen LogP contribution in [0.25, 0.3) is 0 Å². The summed E-state index contributed by atoms with van der Waals surface area (Å²) < 4.78 is 0. The molecule has 0 radical (unpaired) electrons. The first-order valence-electron chi connectivity index (χ1n) is 10.3. The maximum Gasteiger partial charge on any atom is 0.00405 e. The van der Waals surface area contributed by atoms with Crippen LogP contribution in [0, 0.1) is 0 Å². The molecule has 0 aliphatic heterocycles. The van der Waals surface area contributed by atoms with E-state index in [4.69, 9.17) is 55.8 Å². The van der Waals surface area contributed by atoms with Crippen molar-refractivity contribution in [1.82, 2.24) is 0 Å². The molecule has 0 aliphatic carbocycles. The molecule has 0 aromatic heterocycles. The Balaban J connectivity index is 0.00000115. The predicted octanol–water partition coefficient (Wildman–Crippen LogP) is 9.34. The van der Waals surface area contributed by atoms with Crippen LogP contribution in [0.1, 0.15) is 0 Å². The Morgan fingerprint density at radius 2 is 0.541 bits per heavy atom. The molecule has 0 unspecified atom stereocenters. The average molecular weight is 906 g/mol. The van der Waals surface area contributed by atoms with Crippen molar-refractivity contribution >= 4 is 92.9 Å². The third-order valence-corrected chi connectivity index (χ3v) is 10.5. The Bertz CT molecular complexity index is 902. The third-order valence-electron chi connectivity index (χ3n) is 4.55. The molecule has 202 valence electrons. The Hall–Kier alpha value is 2.23. The minimum Gasteiger partial charge on any atom is -0.0622 e. The van der Waals surface area contributed by atoms with Crippen molar-refractivity contribution in [3.63, 3.8) is 0 Å². The van der Waals surface area contributed by atoms with E-state index in [1.165, 1.54) is 27.1 Å². The SMILES string of the molecule is [Cl][Ti]([Cl])[Cl].[Cl][Ti]([Cl])[Cl].[Pd].[Pd].c1ccc(P(CP(c2ccccc2)c2ccccc2)c2ccccc2)cc1. The second-order valence-corrected chi connectivity index (χ2v) is 27.2. The van der Waals surface area contributed by atoms with Gasteiger partial charge in [-0.1, -0.05) is 121 Å². The van der Waals surface area contributed by atoms with Crippen LogP contribution in [0.5, 0.6) is 0 Å². The van der Waals surface area contributed by atoms with Gasteiger partial charge < -0.3 is 0 Å². The van der Waals surface area contributed by atoms with Gasteiger partial charge in [0.15, 0.2) is 0 Å². The molecule has 4 aromatic carbocycles. The maximum absolute atomic E-state index is 4.97. The molecule has 0 aliphatic rings. The van der Waals surface area contributed by atoms with Crippen LogP contribution in [-0.2, 0) is 70.2 Å². The second kappa shape index (κ2) is 23.8. The number of hydrogen-bond donors (Lipinski definition) is 0. The number of hydrogen-bond acceptors (Lipinski definition) is 0. The summed E-state index contributed by atoms with van der Waals surface area (Å²) >= 11 is -3.83. The van der Waals surface area contributed by atoms with Gasteiger partial charge in [0, 0.05) is 46.7 Å². The monoisotopic (exact) mass is 902 g/mol. The summed E-state index contributed by atoms with van der Waals surface area (Å²) in [5.74, 6) is 1.17. The summed E-state index contributed by atoms with van der Waals surface area (Å²) in [5.41, 5.74) is 0. The molecule has 0 N–H and O–H groups in total. The van der Waals surface area contributed by atoms with Gasteiger partial charge in [0.25, 0.3) is 0 Å². The van der Waals surface area contributed by atoms with Gasteiger partial charge in [-0.15, -0.1) is 0 Å². The van der Waals surface area contributed by atoms with Crippen LogP contribution >= 0.6 is 71.7 Å². The molecule has 0 heterocycles. The first-order valence-corrected chi connectivity index (χ1v) is 26.2. The molecule has 0 amide bonds. The quantitative estimate of drug-likeness (QED) is 0.134. The van der Waals surface area contributed by atoms with E-state index < -0.39 is 45.2 Å². The van der Waals surface area contributed by atoms with Crippen molar-refractivity contribution in [3.8, 4) is 0 Å². The minimum absolute atomic E-state index is 0. The second-order valence-electron chi connectivity index (χ2n) is 6.77. The van der Waals surface area contributed by atoms with E-state index in [1.54, 1.807) is 0 Å². The Morgan fingerprint density at radius 1 is 0.378 bits per heavy atom. The molecule has 0 atom stereocenters. The van der Waals surface area contributed by atoms with Gasteiger partial charge in [-0.3, -0.25) is 0 Å². The van der Waals surface area contributed by atoms with Crippen LogP contribution in [0.4, 0.5) is 0 Å². The molecular weight excluding hydrogens is 884 g/mol. The molecule has 0 bridgehead atoms. The Labute approximate surface area is 286 Å². The molecule has 37 heavy (non-hydrogen) atoms. The molecule has 0 fully saturated rings. The van der Waals surface area contributed by atoms with Gasteiger partial charge in [0.1, 0.15) is 0 Å². The van der Waals surface area contributed by atoms with Crippen molar-refractivity contribution in [2.75, 3.05) is 5.90 Å². The largest absolute Gasteiger partial charge is 0.0622 e. The molecule has 0 saturated carbocycles. The van der Waals surface area contributed by atoms with Crippen molar-refractivity contribution in [2.45, 2.75) is 0 Å². The topological polar surface area (TPSA) is 0 Å². The van der Waals surface area contributed by atoms with Gasteiger partial charge in [-0.05, 0) is 37.1 Å². The Morgan fingerprint density at radius 3 is 0.703 bits per heavy atom. The minimum atomic E-state index is -1.92. The molecule has 4 aromatic rings. The molecule has 0 saturated heterocycles. The van der Waals surface area contributed by atoms with E-state index in [9.17, 15) is 0 Å². The zero-order chi connectivity index (χ0) is 25.5. The van der Waals surface area contributed by atoms with Gasteiger partial charge in [0.2, 0.25) is 0 Å². The summed E-state index contributed by atoms with van der Waals surface area (Å²) in [7, 11) is 29.0. The molecule has 4 rings (SSSR count). The maximum atomic E-state index is 4.97. The van der Waals surface area contributed by atoms with Crippen molar-refractivity contribution in [2.24, 2.45) is 0 Å². The van der Waals surface area contributed by atoms with E-state index in [-0.39, 0.29) is 40.8 Å². The standard InChI is InChI=1S/C25H22P2.6ClH.2Pd.2Ti/c1-5-13-22(14-6-1)26(23-15-7-2-8-16-23)21-27(24-17-9-3-10-18-24)25-19-11-4-12-20-25;;;;;;;;;;/h1-20H,21H2;6*1H;;;;/q;;;;;;;;;2*+3/p-6. The fraction of sp³-hybridized carbons (Fsp3) is 0.0400. The van der Waals surface area contributed by atoms with E-state index in [0.29, 0.717) is 0 Å². The molecule has 0 spiro atoms. The number of halogens is 6. The fourth-order valence-electron chi connectivity index (χ4n) is 3.20. The summed E-state index contributed by atoms with van der Waals surface area (Å²) in [4.78, 5) is 0. The zero-order valence-corrected chi connectivity index (χ0v) is 31.6. The van der Waals surface area contributed by atoms with Crippen LogP contribution in [0.15, 0.2) is 121 Å². The first kappa shape index (κ1) is 39.2. The van der Waals surface area contributed by atoms with Crippen molar-refractivity contribution in [1.29, 1.82) is 0 Å². The Kier molecular flexibility index (Phi) is 25.2. The van der Waals surface area contributed by atoms with E-state index in [0.717, 1.165) is 0 Å². The van der Waals surface area contributed by atoms with Gasteiger partial charge in [-0.25, -0.2) is 0 Å². The normalized spacial score (nSPS) is 9.51. The van der Waals surface area contributed by atoms with Crippen LogP contribution in [0.3, 0.4) is 0 Å². The summed E-state index contributed by atoms with van der Waals surface area (Å²) in [6, 6.07) is 44.1. The number of benzene rings is 4. The van der Waals surface area contributed by atoms with Crippen LogP contribution in [-0.4, -0.2) is 5.90 Å². The molecule has 0 nitrogen and oxygen atoms in total. The summed E-state index contributed by atoms with van der Waals surface area (Å²) in [6.45, 7) is 0. The van der Waals surface area contributed by atoms with Crippen LogP contribution in [0.2, 0.25) is 0 Å². The van der Waals surface area contributed by atoms with Crippen LogP contribution < -0.4 is 21.2 Å². The van der Waals surface area contributed by atoms with E-state index in [2.05, 4.69) is 121 Å². The molecule has 12 heteroatoms. The van der Waals surface area contributed by atoms with Gasteiger partial charge in [-0.2, -0.15) is 0 Å².